The SMILES string of the molecule is COCCN1CCC2(CC1)C(=O)[N]C(=O)N2C. The minimum Gasteiger partial charge on any atom is -0.383 e. The van der Waals surface area contributed by atoms with E-state index < -0.39 is 11.6 Å². The molecule has 0 N–H and O–H groups in total. The molecule has 3 amide bonds. The van der Waals surface area contributed by atoms with E-state index in [-0.39, 0.29) is 5.91 Å². The average molecular weight is 240 g/mol. The molecule has 2 aliphatic heterocycles. The van der Waals surface area contributed by atoms with Crippen LogP contribution in [0.5, 0.6) is 0 Å². The molecule has 2 saturated heterocycles. The number of imide groups is 1. The van der Waals surface area contributed by atoms with Gasteiger partial charge in [0, 0.05) is 33.8 Å². The van der Waals surface area contributed by atoms with Crippen molar-refractivity contribution in [3.63, 3.8) is 0 Å². The second-order valence-corrected chi connectivity index (χ2v) is 4.62. The Hall–Kier alpha value is -1.14. The number of likely N-dealkylation sites (N-methyl/N-ethyl adjacent to an activating group) is 1. The first-order chi connectivity index (χ1) is 8.10. The Labute approximate surface area is 101 Å². The highest BCUT2D eigenvalue weighted by Gasteiger charge is 2.53. The Kier molecular flexibility index (Phi) is 3.35. The number of likely N-dealkylation sites (tertiary alicyclic amines) is 1. The van der Waals surface area contributed by atoms with Gasteiger partial charge in [-0.05, 0) is 12.8 Å². The molecule has 2 fully saturated rings. The van der Waals surface area contributed by atoms with Gasteiger partial charge in [0.1, 0.15) is 5.54 Å². The molecule has 2 aliphatic rings. The predicted molar refractivity (Wildman–Crippen MR) is 60.6 cm³/mol. The Balaban J connectivity index is 1.97. The Morgan fingerprint density at radius 2 is 2.00 bits per heavy atom. The van der Waals surface area contributed by atoms with Crippen LogP contribution in [0, 0.1) is 0 Å². The fraction of sp³-hybridized carbons (Fsp3) is 0.818. The van der Waals surface area contributed by atoms with Crippen LogP contribution in [0.1, 0.15) is 12.8 Å². The van der Waals surface area contributed by atoms with Crippen LogP contribution in [0.3, 0.4) is 0 Å². The van der Waals surface area contributed by atoms with Gasteiger partial charge in [0.15, 0.2) is 0 Å². The highest BCUT2D eigenvalue weighted by molar-refractivity contribution is 6.06. The van der Waals surface area contributed by atoms with Crippen LogP contribution in [-0.4, -0.2) is 67.7 Å². The van der Waals surface area contributed by atoms with Crippen LogP contribution in [0.15, 0.2) is 0 Å². The molecular formula is C11H18N3O3. The van der Waals surface area contributed by atoms with Crippen molar-refractivity contribution in [1.29, 1.82) is 0 Å². The summed E-state index contributed by atoms with van der Waals surface area (Å²) in [6, 6.07) is -0.402. The van der Waals surface area contributed by atoms with Gasteiger partial charge in [-0.25, -0.2) is 4.79 Å². The summed E-state index contributed by atoms with van der Waals surface area (Å²) in [5.41, 5.74) is -0.666. The molecular weight excluding hydrogens is 222 g/mol. The highest BCUT2D eigenvalue weighted by Crippen LogP contribution is 2.32. The molecule has 0 unspecified atom stereocenters. The third kappa shape index (κ3) is 2.02. The van der Waals surface area contributed by atoms with E-state index >= 15 is 0 Å². The minimum absolute atomic E-state index is 0.267. The maximum Gasteiger partial charge on any atom is 0.347 e. The van der Waals surface area contributed by atoms with Crippen molar-refractivity contribution in [1.82, 2.24) is 15.1 Å². The smallest absolute Gasteiger partial charge is 0.347 e. The maximum absolute atomic E-state index is 11.8. The first-order valence-corrected chi connectivity index (χ1v) is 5.85. The van der Waals surface area contributed by atoms with Gasteiger partial charge in [-0.3, -0.25) is 4.79 Å². The molecule has 17 heavy (non-hydrogen) atoms. The molecule has 0 saturated carbocycles. The van der Waals surface area contributed by atoms with E-state index in [0.717, 1.165) is 19.6 Å². The molecule has 0 aromatic rings. The molecule has 0 aromatic carbocycles. The van der Waals surface area contributed by atoms with E-state index in [2.05, 4.69) is 10.2 Å². The van der Waals surface area contributed by atoms with Crippen molar-refractivity contribution in [3.8, 4) is 0 Å². The van der Waals surface area contributed by atoms with Crippen molar-refractivity contribution in [3.05, 3.63) is 0 Å². The van der Waals surface area contributed by atoms with E-state index in [1.807, 2.05) is 0 Å². The summed E-state index contributed by atoms with van der Waals surface area (Å²) in [6.07, 6.45) is 1.34. The van der Waals surface area contributed by atoms with Crippen LogP contribution in [0.4, 0.5) is 4.79 Å². The minimum atomic E-state index is -0.666. The fourth-order valence-corrected chi connectivity index (χ4v) is 2.51. The van der Waals surface area contributed by atoms with Crippen molar-refractivity contribution >= 4 is 11.9 Å². The van der Waals surface area contributed by atoms with E-state index in [1.54, 1.807) is 14.2 Å². The summed E-state index contributed by atoms with van der Waals surface area (Å²) in [5, 5.41) is 3.54. The van der Waals surface area contributed by atoms with E-state index in [9.17, 15) is 9.59 Å². The largest absolute Gasteiger partial charge is 0.383 e. The Morgan fingerprint density at radius 3 is 2.47 bits per heavy atom. The number of ether oxygens (including phenoxy) is 1. The van der Waals surface area contributed by atoms with Crippen LogP contribution >= 0.6 is 0 Å². The zero-order valence-electron chi connectivity index (χ0n) is 10.3. The number of amides is 3. The lowest BCUT2D eigenvalue weighted by Gasteiger charge is -2.40. The number of carbonyl (C=O) groups excluding carboxylic acids is 2. The number of piperidine rings is 1. The van der Waals surface area contributed by atoms with Crippen LogP contribution in [-0.2, 0) is 9.53 Å². The lowest BCUT2D eigenvalue weighted by atomic mass is 9.86. The zero-order chi connectivity index (χ0) is 12.5. The number of rotatable bonds is 3. The summed E-state index contributed by atoms with van der Waals surface area (Å²) in [7, 11) is 3.35. The van der Waals surface area contributed by atoms with Gasteiger partial charge in [-0.15, -0.1) is 0 Å². The first-order valence-electron chi connectivity index (χ1n) is 5.85. The molecule has 6 nitrogen and oxygen atoms in total. The van der Waals surface area contributed by atoms with Gasteiger partial charge in [0.25, 0.3) is 5.91 Å². The number of hydrogen-bond donors (Lipinski definition) is 0. The van der Waals surface area contributed by atoms with Gasteiger partial charge >= 0.3 is 6.03 Å². The fourth-order valence-electron chi connectivity index (χ4n) is 2.51. The summed E-state index contributed by atoms with van der Waals surface area (Å²) in [6.45, 7) is 3.18. The van der Waals surface area contributed by atoms with Crippen molar-refractivity contribution in [2.45, 2.75) is 18.4 Å². The quantitative estimate of drug-likeness (QED) is 0.633. The highest BCUT2D eigenvalue weighted by atomic mass is 16.5. The second kappa shape index (κ2) is 4.62. The van der Waals surface area contributed by atoms with Gasteiger partial charge < -0.3 is 14.5 Å². The summed E-state index contributed by atoms with van der Waals surface area (Å²) >= 11 is 0. The summed E-state index contributed by atoms with van der Waals surface area (Å²) in [4.78, 5) is 27.0. The average Bonchev–Trinajstić information content (AvgIpc) is 2.54. The number of hydrogen-bond acceptors (Lipinski definition) is 4. The molecule has 6 heteroatoms. The second-order valence-electron chi connectivity index (χ2n) is 4.62. The lowest BCUT2D eigenvalue weighted by molar-refractivity contribution is -0.128. The van der Waals surface area contributed by atoms with Crippen molar-refractivity contribution in [2.75, 3.05) is 40.4 Å². The summed E-state index contributed by atoms with van der Waals surface area (Å²) in [5.74, 6) is -0.267. The third-order valence-electron chi connectivity index (χ3n) is 3.82. The molecule has 1 spiro atoms. The van der Waals surface area contributed by atoms with Crippen LogP contribution < -0.4 is 5.32 Å². The predicted octanol–water partition coefficient (Wildman–Crippen LogP) is -0.336. The first kappa shape index (κ1) is 12.3. The third-order valence-corrected chi connectivity index (χ3v) is 3.82. The molecule has 0 aromatic heterocycles. The lowest BCUT2D eigenvalue weighted by Crippen LogP contribution is -2.55. The van der Waals surface area contributed by atoms with Crippen molar-refractivity contribution in [2.24, 2.45) is 0 Å². The maximum atomic E-state index is 11.8. The molecule has 2 rings (SSSR count). The van der Waals surface area contributed by atoms with Gasteiger partial charge in [-0.1, -0.05) is 0 Å². The normalized spacial score (nSPS) is 24.5. The Bertz CT molecular complexity index is 324. The van der Waals surface area contributed by atoms with Crippen LogP contribution in [0.2, 0.25) is 0 Å². The molecule has 0 bridgehead atoms. The number of urea groups is 1. The molecule has 1 radical (unpaired) electrons. The van der Waals surface area contributed by atoms with E-state index in [0.29, 0.717) is 19.4 Å². The molecule has 95 valence electrons. The Morgan fingerprint density at radius 1 is 1.35 bits per heavy atom. The molecule has 0 aliphatic carbocycles. The topological polar surface area (TPSA) is 64.0 Å². The molecule has 2 heterocycles. The number of carbonyl (C=O) groups is 2. The van der Waals surface area contributed by atoms with E-state index in [1.165, 1.54) is 4.90 Å². The zero-order valence-corrected chi connectivity index (χ0v) is 10.3. The van der Waals surface area contributed by atoms with Crippen LogP contribution in [0.25, 0.3) is 0 Å². The summed E-state index contributed by atoms with van der Waals surface area (Å²) < 4.78 is 5.03. The molecule has 0 atom stereocenters. The van der Waals surface area contributed by atoms with E-state index in [4.69, 9.17) is 4.74 Å². The number of nitrogens with zero attached hydrogens (tertiary/aromatic N) is 3. The number of methoxy groups -OCH3 is 1. The van der Waals surface area contributed by atoms with Gasteiger partial charge in [0.05, 0.1) is 6.61 Å². The van der Waals surface area contributed by atoms with Gasteiger partial charge in [-0.2, -0.15) is 5.32 Å². The standard InChI is InChI=1S/C11H18N3O3/c1-13-10(16)12-9(15)11(13)3-5-14(6-4-11)7-8-17-2/h3-8H2,1-2H3. The van der Waals surface area contributed by atoms with Gasteiger partial charge in [0.2, 0.25) is 0 Å². The van der Waals surface area contributed by atoms with Crippen molar-refractivity contribution < 1.29 is 14.3 Å². The monoisotopic (exact) mass is 240 g/mol.